The number of nitrogens with two attached hydrogens (primary N) is 2. The van der Waals surface area contributed by atoms with E-state index in [0.29, 0.717) is 13.2 Å². The van der Waals surface area contributed by atoms with Crippen molar-refractivity contribution in [3.63, 3.8) is 0 Å². The predicted octanol–water partition coefficient (Wildman–Crippen LogP) is 1.94. The van der Waals surface area contributed by atoms with Crippen molar-refractivity contribution in [1.82, 2.24) is 0 Å². The quantitative estimate of drug-likeness (QED) is 0.364. The summed E-state index contributed by atoms with van der Waals surface area (Å²) in [6.45, 7) is 0.666. The van der Waals surface area contributed by atoms with E-state index in [9.17, 15) is 0 Å². The number of oxime groups is 1. The van der Waals surface area contributed by atoms with Gasteiger partial charge in [-0.15, -0.1) is 0 Å². The zero-order valence-electron chi connectivity index (χ0n) is 11.0. The second kappa shape index (κ2) is 7.04. The fourth-order valence-corrected chi connectivity index (χ4v) is 1.69. The summed E-state index contributed by atoms with van der Waals surface area (Å²) in [6.07, 6.45) is 0. The first-order valence-electron chi connectivity index (χ1n) is 6.25. The molecule has 2 rings (SSSR count). The molecule has 0 spiro atoms. The lowest BCUT2D eigenvalue weighted by atomic mass is 10.1. The molecule has 0 saturated carbocycles. The molecule has 0 heterocycles. The van der Waals surface area contributed by atoms with E-state index < -0.39 is 0 Å². The maximum Gasteiger partial charge on any atom is 0.228 e. The molecule has 0 saturated heterocycles. The monoisotopic (exact) mass is 271 g/mol. The van der Waals surface area contributed by atoms with Gasteiger partial charge in [0.2, 0.25) is 5.96 Å². The minimum atomic E-state index is -0.0998. The fourth-order valence-electron chi connectivity index (χ4n) is 1.69. The molecule has 0 fully saturated rings. The highest BCUT2D eigenvalue weighted by Crippen LogP contribution is 2.21. The largest absolute Gasteiger partial charge is 0.490 e. The molecule has 0 unspecified atom stereocenters. The highest BCUT2D eigenvalue weighted by atomic mass is 16.6. The van der Waals surface area contributed by atoms with Crippen LogP contribution in [0.1, 0.15) is 0 Å². The van der Waals surface area contributed by atoms with Gasteiger partial charge in [-0.25, -0.2) is 0 Å². The molecule has 0 radical (unpaired) electrons. The molecular weight excluding hydrogens is 254 g/mol. The molecule has 0 atom stereocenters. The van der Waals surface area contributed by atoms with Crippen LogP contribution < -0.4 is 16.2 Å². The van der Waals surface area contributed by atoms with E-state index in [4.69, 9.17) is 21.0 Å². The van der Waals surface area contributed by atoms with Gasteiger partial charge in [0, 0.05) is 0 Å². The molecule has 0 aromatic heterocycles. The van der Waals surface area contributed by atoms with Gasteiger partial charge in [-0.2, -0.15) is 0 Å². The number of nitrogens with zero attached hydrogens (tertiary/aromatic N) is 1. The second-order valence-electron chi connectivity index (χ2n) is 4.09. The summed E-state index contributed by atoms with van der Waals surface area (Å²) < 4.78 is 5.50. The van der Waals surface area contributed by atoms with Crippen LogP contribution >= 0.6 is 0 Å². The highest BCUT2D eigenvalue weighted by Gasteiger charge is 1.98. The Balaban J connectivity index is 1.85. The van der Waals surface area contributed by atoms with Crippen molar-refractivity contribution in [1.29, 1.82) is 0 Å². The van der Waals surface area contributed by atoms with Crippen LogP contribution in [-0.4, -0.2) is 19.2 Å². The van der Waals surface area contributed by atoms with Crippen molar-refractivity contribution >= 4 is 5.96 Å². The molecule has 2 aromatic rings. The van der Waals surface area contributed by atoms with Gasteiger partial charge in [0.1, 0.15) is 12.4 Å². The second-order valence-corrected chi connectivity index (χ2v) is 4.09. The number of hydrogen-bond donors (Lipinski definition) is 2. The average Bonchev–Trinajstić information content (AvgIpc) is 2.48. The fraction of sp³-hybridized carbons (Fsp3) is 0.133. The summed E-state index contributed by atoms with van der Waals surface area (Å²) >= 11 is 0. The molecule has 104 valence electrons. The first-order chi connectivity index (χ1) is 9.75. The van der Waals surface area contributed by atoms with Crippen LogP contribution in [0.2, 0.25) is 0 Å². The van der Waals surface area contributed by atoms with Crippen LogP contribution in [0.3, 0.4) is 0 Å². The Labute approximate surface area is 117 Å². The Kier molecular flexibility index (Phi) is 4.83. The number of hydrogen-bond acceptors (Lipinski definition) is 3. The van der Waals surface area contributed by atoms with Crippen LogP contribution in [0.4, 0.5) is 0 Å². The van der Waals surface area contributed by atoms with Crippen LogP contribution in [0, 0.1) is 0 Å². The summed E-state index contributed by atoms with van der Waals surface area (Å²) in [5.74, 6) is 0.676. The summed E-state index contributed by atoms with van der Waals surface area (Å²) in [5.41, 5.74) is 12.6. The van der Waals surface area contributed by atoms with Crippen molar-refractivity contribution in [3.8, 4) is 16.9 Å². The van der Waals surface area contributed by atoms with Gasteiger partial charge in [-0.05, 0) is 28.4 Å². The van der Waals surface area contributed by atoms with Crippen molar-refractivity contribution < 1.29 is 9.57 Å². The van der Waals surface area contributed by atoms with E-state index in [1.807, 2.05) is 42.5 Å². The zero-order valence-corrected chi connectivity index (χ0v) is 11.0. The van der Waals surface area contributed by atoms with Gasteiger partial charge in [0.05, 0.1) is 0 Å². The zero-order chi connectivity index (χ0) is 14.2. The van der Waals surface area contributed by atoms with Crippen LogP contribution in [0.15, 0.2) is 59.8 Å². The van der Waals surface area contributed by atoms with Gasteiger partial charge in [0.25, 0.3) is 0 Å². The minimum Gasteiger partial charge on any atom is -0.490 e. The van der Waals surface area contributed by atoms with E-state index in [1.54, 1.807) is 0 Å². The molecule has 20 heavy (non-hydrogen) atoms. The van der Waals surface area contributed by atoms with E-state index in [2.05, 4.69) is 17.3 Å². The molecule has 0 aliphatic carbocycles. The lowest BCUT2D eigenvalue weighted by Crippen LogP contribution is -2.23. The Morgan fingerprint density at radius 3 is 2.15 bits per heavy atom. The maximum atomic E-state index is 5.50. The van der Waals surface area contributed by atoms with Gasteiger partial charge >= 0.3 is 0 Å². The van der Waals surface area contributed by atoms with Crippen molar-refractivity contribution in [3.05, 3.63) is 54.6 Å². The topological polar surface area (TPSA) is 82.9 Å². The maximum absolute atomic E-state index is 5.50. The van der Waals surface area contributed by atoms with Gasteiger partial charge in [0.15, 0.2) is 6.61 Å². The van der Waals surface area contributed by atoms with Crippen molar-refractivity contribution in [2.45, 2.75) is 0 Å². The summed E-state index contributed by atoms with van der Waals surface area (Å²) in [6, 6.07) is 18.0. The van der Waals surface area contributed by atoms with Crippen molar-refractivity contribution in [2.24, 2.45) is 16.6 Å². The molecule has 5 nitrogen and oxygen atoms in total. The molecule has 0 aliphatic rings. The first-order valence-corrected chi connectivity index (χ1v) is 6.25. The third-order valence-corrected chi connectivity index (χ3v) is 2.57. The van der Waals surface area contributed by atoms with E-state index in [0.717, 1.165) is 11.3 Å². The lowest BCUT2D eigenvalue weighted by Gasteiger charge is -2.07. The van der Waals surface area contributed by atoms with E-state index in [-0.39, 0.29) is 5.96 Å². The third kappa shape index (κ3) is 4.20. The van der Waals surface area contributed by atoms with E-state index in [1.165, 1.54) is 5.56 Å². The smallest absolute Gasteiger partial charge is 0.228 e. The molecule has 4 N–H and O–H groups in total. The highest BCUT2D eigenvalue weighted by molar-refractivity contribution is 5.74. The Hall–Kier alpha value is -2.69. The molecule has 2 aromatic carbocycles. The molecule has 5 heteroatoms. The molecule has 0 amide bonds. The number of benzene rings is 2. The van der Waals surface area contributed by atoms with Crippen LogP contribution in [0.5, 0.6) is 5.75 Å². The standard InChI is InChI=1S/C15H17N3O2/c16-15(17)18-20-11-10-19-14-8-6-13(7-9-14)12-4-2-1-3-5-12/h1-9H,10-11H2,(H4,16,17,18). The van der Waals surface area contributed by atoms with Gasteiger partial charge in [-0.1, -0.05) is 42.5 Å². The Morgan fingerprint density at radius 2 is 1.50 bits per heavy atom. The molecule has 0 bridgehead atoms. The average molecular weight is 271 g/mol. The number of rotatable bonds is 6. The number of ether oxygens (including phenoxy) is 1. The third-order valence-electron chi connectivity index (χ3n) is 2.57. The Bertz CT molecular complexity index is 549. The lowest BCUT2D eigenvalue weighted by molar-refractivity contribution is 0.106. The first kappa shape index (κ1) is 13.7. The van der Waals surface area contributed by atoms with Gasteiger partial charge < -0.3 is 21.0 Å². The van der Waals surface area contributed by atoms with Crippen LogP contribution in [0.25, 0.3) is 11.1 Å². The predicted molar refractivity (Wildman–Crippen MR) is 79.1 cm³/mol. The van der Waals surface area contributed by atoms with Crippen molar-refractivity contribution in [2.75, 3.05) is 13.2 Å². The Morgan fingerprint density at radius 1 is 0.850 bits per heavy atom. The summed E-state index contributed by atoms with van der Waals surface area (Å²) in [5, 5.41) is 3.40. The van der Waals surface area contributed by atoms with Crippen LogP contribution in [-0.2, 0) is 4.84 Å². The number of guanidine groups is 1. The minimum absolute atomic E-state index is 0.0998. The molecule has 0 aliphatic heterocycles. The summed E-state index contributed by atoms with van der Waals surface area (Å²) in [7, 11) is 0. The van der Waals surface area contributed by atoms with E-state index >= 15 is 0 Å². The SMILES string of the molecule is NC(N)=NOCCOc1ccc(-c2ccccc2)cc1. The normalized spacial score (nSPS) is 9.80. The molecular formula is C15H17N3O2. The summed E-state index contributed by atoms with van der Waals surface area (Å²) in [4.78, 5) is 4.82. The van der Waals surface area contributed by atoms with Gasteiger partial charge in [-0.3, -0.25) is 0 Å².